The van der Waals surface area contributed by atoms with Crippen LogP contribution in [-0.4, -0.2) is 21.9 Å². The maximum Gasteiger partial charge on any atom is 0.0591 e. The lowest BCUT2D eigenvalue weighted by molar-refractivity contribution is 0.0402. The summed E-state index contributed by atoms with van der Waals surface area (Å²) in [6.45, 7) is 13.7. The first-order valence-electron chi connectivity index (χ1n) is 12.4. The molecule has 2 rings (SSSR count). The van der Waals surface area contributed by atoms with Gasteiger partial charge in [-0.2, -0.15) is 0 Å². The lowest BCUT2D eigenvalue weighted by Gasteiger charge is -2.49. The van der Waals surface area contributed by atoms with Crippen molar-refractivity contribution in [3.05, 3.63) is 23.3 Å². The minimum Gasteiger partial charge on any atom is -0.393 e. The fourth-order valence-electron chi connectivity index (χ4n) is 6.12. The van der Waals surface area contributed by atoms with E-state index in [1.165, 1.54) is 37.7 Å². The molecule has 5 atom stereocenters. The molecule has 29 heavy (non-hydrogen) atoms. The number of rotatable bonds is 8. The molecule has 0 aromatic carbocycles. The van der Waals surface area contributed by atoms with Gasteiger partial charge in [-0.25, -0.2) is 0 Å². The first-order chi connectivity index (χ1) is 13.6. The molecule has 0 radical (unpaired) electrons. The highest BCUT2D eigenvalue weighted by Gasteiger charge is 2.43. The Hall–Kier alpha value is -0.600. The number of allylic oxidation sites excluding steroid dienone is 3. The minimum absolute atomic E-state index is 0.128. The number of aliphatic hydroxyl groups is 2. The Kier molecular flexibility index (Phi) is 9.04. The van der Waals surface area contributed by atoms with Crippen LogP contribution in [0.5, 0.6) is 0 Å². The standard InChI is InChI=1S/C27H48O2/c1-7-25-23(16-15-22-12-8-14-24(28)19-22)13-10-18-27(25,6)21(3)20(2)11-9-17-26(4,5)29/h15-16,20-21,24-25,28-29H,7-14,17-19H2,1-6H3/b22-15-,23-16+. The molecule has 2 N–H and O–H groups in total. The third-order valence-electron chi connectivity index (χ3n) is 8.24. The van der Waals surface area contributed by atoms with E-state index in [4.69, 9.17) is 0 Å². The smallest absolute Gasteiger partial charge is 0.0591 e. The van der Waals surface area contributed by atoms with Crippen molar-refractivity contribution in [1.82, 2.24) is 0 Å². The Labute approximate surface area is 180 Å². The molecule has 0 heterocycles. The van der Waals surface area contributed by atoms with Crippen molar-refractivity contribution in [3.8, 4) is 0 Å². The molecule has 2 nitrogen and oxygen atoms in total. The van der Waals surface area contributed by atoms with Crippen molar-refractivity contribution in [2.45, 2.75) is 124 Å². The fourth-order valence-corrected chi connectivity index (χ4v) is 6.12. The molecule has 2 fully saturated rings. The highest BCUT2D eigenvalue weighted by atomic mass is 16.3. The molecule has 168 valence electrons. The Bertz CT molecular complexity index is 568. The average Bonchev–Trinajstić information content (AvgIpc) is 2.64. The van der Waals surface area contributed by atoms with Crippen LogP contribution in [0.1, 0.15) is 112 Å². The molecule has 2 aliphatic carbocycles. The van der Waals surface area contributed by atoms with Gasteiger partial charge in [0.1, 0.15) is 0 Å². The molecule has 0 aromatic heterocycles. The molecule has 2 saturated carbocycles. The predicted molar refractivity (Wildman–Crippen MR) is 125 cm³/mol. The van der Waals surface area contributed by atoms with Crippen LogP contribution < -0.4 is 0 Å². The summed E-state index contributed by atoms with van der Waals surface area (Å²) in [6.07, 6.45) is 17.1. The Morgan fingerprint density at radius 1 is 1.17 bits per heavy atom. The van der Waals surface area contributed by atoms with Crippen LogP contribution in [0.3, 0.4) is 0 Å². The summed E-state index contributed by atoms with van der Waals surface area (Å²) in [4.78, 5) is 0. The third-order valence-corrected chi connectivity index (χ3v) is 8.24. The maximum absolute atomic E-state index is 10.0. The Morgan fingerprint density at radius 2 is 1.90 bits per heavy atom. The van der Waals surface area contributed by atoms with Crippen molar-refractivity contribution in [2.24, 2.45) is 23.2 Å². The van der Waals surface area contributed by atoms with Gasteiger partial charge in [0.05, 0.1) is 11.7 Å². The van der Waals surface area contributed by atoms with E-state index in [-0.39, 0.29) is 6.10 Å². The summed E-state index contributed by atoms with van der Waals surface area (Å²) in [6, 6.07) is 0. The second kappa shape index (κ2) is 10.6. The van der Waals surface area contributed by atoms with E-state index in [9.17, 15) is 10.2 Å². The van der Waals surface area contributed by atoms with Gasteiger partial charge in [0.2, 0.25) is 0 Å². The van der Waals surface area contributed by atoms with E-state index in [0.717, 1.165) is 38.5 Å². The van der Waals surface area contributed by atoms with Gasteiger partial charge in [-0.15, -0.1) is 0 Å². The van der Waals surface area contributed by atoms with E-state index in [1.54, 1.807) is 5.57 Å². The van der Waals surface area contributed by atoms with E-state index >= 15 is 0 Å². The molecule has 0 amide bonds. The number of hydrogen-bond donors (Lipinski definition) is 2. The summed E-state index contributed by atoms with van der Waals surface area (Å²) in [5.74, 6) is 2.03. The predicted octanol–water partition coefficient (Wildman–Crippen LogP) is 7.20. The van der Waals surface area contributed by atoms with Gasteiger partial charge < -0.3 is 10.2 Å². The third kappa shape index (κ3) is 6.96. The van der Waals surface area contributed by atoms with Gasteiger partial charge in [-0.3, -0.25) is 0 Å². The zero-order valence-electron chi connectivity index (χ0n) is 20.1. The fraction of sp³-hybridized carbons (Fsp3) is 0.852. The lowest BCUT2D eigenvalue weighted by atomic mass is 9.56. The van der Waals surface area contributed by atoms with E-state index in [0.29, 0.717) is 23.2 Å². The van der Waals surface area contributed by atoms with Crippen molar-refractivity contribution in [2.75, 3.05) is 0 Å². The molecular weight excluding hydrogens is 356 g/mol. The van der Waals surface area contributed by atoms with Crippen LogP contribution >= 0.6 is 0 Å². The lowest BCUT2D eigenvalue weighted by Crippen LogP contribution is -2.40. The van der Waals surface area contributed by atoms with Gasteiger partial charge in [0.15, 0.2) is 0 Å². The monoisotopic (exact) mass is 404 g/mol. The van der Waals surface area contributed by atoms with Gasteiger partial charge in [-0.05, 0) is 94.8 Å². The van der Waals surface area contributed by atoms with Crippen molar-refractivity contribution in [3.63, 3.8) is 0 Å². The van der Waals surface area contributed by atoms with Crippen molar-refractivity contribution < 1.29 is 10.2 Å². The van der Waals surface area contributed by atoms with Crippen LogP contribution in [0, 0.1) is 23.2 Å². The van der Waals surface area contributed by atoms with Crippen LogP contribution in [0.4, 0.5) is 0 Å². The Morgan fingerprint density at radius 3 is 2.52 bits per heavy atom. The number of hydrogen-bond acceptors (Lipinski definition) is 2. The Balaban J connectivity index is 2.09. The molecule has 0 aromatic rings. The van der Waals surface area contributed by atoms with Crippen LogP contribution in [-0.2, 0) is 0 Å². The maximum atomic E-state index is 10.0. The molecule has 2 aliphatic rings. The summed E-state index contributed by atoms with van der Waals surface area (Å²) < 4.78 is 0. The first kappa shape index (κ1) is 24.7. The van der Waals surface area contributed by atoms with Crippen molar-refractivity contribution in [1.29, 1.82) is 0 Å². The zero-order chi connectivity index (χ0) is 21.7. The SMILES string of the molecule is CCC1/C(=C/C=C2/CCCC(O)C2)CCCC1(C)C(C)C(C)CCCC(C)(C)O. The van der Waals surface area contributed by atoms with Gasteiger partial charge in [-0.1, -0.05) is 63.8 Å². The summed E-state index contributed by atoms with van der Waals surface area (Å²) in [7, 11) is 0. The molecule has 0 spiro atoms. The van der Waals surface area contributed by atoms with Crippen LogP contribution in [0.15, 0.2) is 23.3 Å². The highest BCUT2D eigenvalue weighted by molar-refractivity contribution is 5.24. The van der Waals surface area contributed by atoms with E-state index in [2.05, 4.69) is 39.8 Å². The van der Waals surface area contributed by atoms with E-state index in [1.807, 2.05) is 13.8 Å². The largest absolute Gasteiger partial charge is 0.393 e. The van der Waals surface area contributed by atoms with Gasteiger partial charge in [0, 0.05) is 0 Å². The zero-order valence-corrected chi connectivity index (χ0v) is 20.1. The average molecular weight is 405 g/mol. The summed E-state index contributed by atoms with van der Waals surface area (Å²) in [5, 5.41) is 20.0. The van der Waals surface area contributed by atoms with Crippen LogP contribution in [0.2, 0.25) is 0 Å². The molecule has 0 saturated heterocycles. The van der Waals surface area contributed by atoms with Gasteiger partial charge in [0.25, 0.3) is 0 Å². The second-order valence-electron chi connectivity index (χ2n) is 11.1. The van der Waals surface area contributed by atoms with Crippen LogP contribution in [0.25, 0.3) is 0 Å². The summed E-state index contributed by atoms with van der Waals surface area (Å²) >= 11 is 0. The number of aliphatic hydroxyl groups excluding tert-OH is 1. The second-order valence-corrected chi connectivity index (χ2v) is 11.1. The van der Waals surface area contributed by atoms with Crippen molar-refractivity contribution >= 4 is 0 Å². The van der Waals surface area contributed by atoms with Gasteiger partial charge >= 0.3 is 0 Å². The topological polar surface area (TPSA) is 40.5 Å². The summed E-state index contributed by atoms with van der Waals surface area (Å²) in [5.41, 5.74) is 2.90. The quantitative estimate of drug-likeness (QED) is 0.449. The molecule has 0 bridgehead atoms. The van der Waals surface area contributed by atoms with E-state index < -0.39 is 5.60 Å². The molecular formula is C27H48O2. The normalized spacial score (nSPS) is 33.8. The first-order valence-corrected chi connectivity index (χ1v) is 12.4. The molecule has 5 unspecified atom stereocenters. The highest BCUT2D eigenvalue weighted by Crippen LogP contribution is 2.53. The molecule has 2 heteroatoms. The minimum atomic E-state index is -0.542. The molecule has 0 aliphatic heterocycles.